The zero-order valence-corrected chi connectivity index (χ0v) is 12.0. The molecule has 0 unspecified atom stereocenters. The third-order valence-corrected chi connectivity index (χ3v) is 5.55. The van der Waals surface area contributed by atoms with E-state index in [4.69, 9.17) is 0 Å². The first-order chi connectivity index (χ1) is 8.41. The van der Waals surface area contributed by atoms with Gasteiger partial charge in [-0.15, -0.1) is 0 Å². The molecule has 1 aromatic rings. The average Bonchev–Trinajstić information content (AvgIpc) is 3.10. The summed E-state index contributed by atoms with van der Waals surface area (Å²) in [5.41, 5.74) is 2.10. The fraction of sp³-hybridized carbons (Fsp3) is 0.800. The molecule has 0 atom stereocenters. The lowest BCUT2D eigenvalue weighted by Gasteiger charge is -2.04. The van der Waals surface area contributed by atoms with Crippen molar-refractivity contribution in [3.05, 3.63) is 18.2 Å². The minimum absolute atomic E-state index is 0.462. The highest BCUT2D eigenvalue weighted by atomic mass is 15.1. The van der Waals surface area contributed by atoms with E-state index in [0.717, 1.165) is 25.0 Å². The topological polar surface area (TPSA) is 29.9 Å². The molecule has 0 aliphatic heterocycles. The van der Waals surface area contributed by atoms with Crippen molar-refractivity contribution in [2.24, 2.45) is 16.7 Å². The van der Waals surface area contributed by atoms with Gasteiger partial charge in [-0.05, 0) is 29.6 Å². The summed E-state index contributed by atoms with van der Waals surface area (Å²) >= 11 is 0. The Kier molecular flexibility index (Phi) is 2.60. The summed E-state index contributed by atoms with van der Waals surface area (Å²) in [6.45, 7) is 11.5. The predicted molar refractivity (Wildman–Crippen MR) is 73.1 cm³/mol. The van der Waals surface area contributed by atoms with E-state index in [1.807, 2.05) is 6.33 Å². The van der Waals surface area contributed by atoms with E-state index >= 15 is 0 Å². The fourth-order valence-corrected chi connectivity index (χ4v) is 3.13. The standard InChI is InChI=1S/C15H25N3/c1-14(2)13(15(14,3)4)9-18-8-12(17-10-18)7-16-11-5-6-11/h8,10-11,13,16H,5-7,9H2,1-4H3. The molecule has 0 amide bonds. The molecule has 2 aliphatic rings. The predicted octanol–water partition coefficient (Wildman–Crippen LogP) is 2.82. The van der Waals surface area contributed by atoms with Gasteiger partial charge in [0.1, 0.15) is 0 Å². The summed E-state index contributed by atoms with van der Waals surface area (Å²) in [6, 6.07) is 0.761. The highest BCUT2D eigenvalue weighted by Crippen LogP contribution is 2.68. The molecule has 2 aliphatic carbocycles. The van der Waals surface area contributed by atoms with Crippen LogP contribution >= 0.6 is 0 Å². The molecule has 1 N–H and O–H groups in total. The zero-order chi connectivity index (χ0) is 13.0. The van der Waals surface area contributed by atoms with Crippen molar-refractivity contribution in [2.45, 2.75) is 59.7 Å². The number of nitrogens with one attached hydrogen (secondary N) is 1. The molecule has 0 radical (unpaired) electrons. The Bertz CT molecular complexity index is 426. The van der Waals surface area contributed by atoms with Crippen LogP contribution in [0.2, 0.25) is 0 Å². The van der Waals surface area contributed by atoms with Gasteiger partial charge in [0.05, 0.1) is 12.0 Å². The molecule has 3 nitrogen and oxygen atoms in total. The molecule has 0 bridgehead atoms. The maximum Gasteiger partial charge on any atom is 0.0950 e. The van der Waals surface area contributed by atoms with Crippen molar-refractivity contribution in [3.63, 3.8) is 0 Å². The first-order valence-corrected chi connectivity index (χ1v) is 7.15. The maximum atomic E-state index is 4.49. The minimum atomic E-state index is 0.462. The molecule has 18 heavy (non-hydrogen) atoms. The van der Waals surface area contributed by atoms with Crippen LogP contribution in [0.3, 0.4) is 0 Å². The molecule has 3 heteroatoms. The van der Waals surface area contributed by atoms with E-state index in [9.17, 15) is 0 Å². The second-order valence-electron chi connectivity index (χ2n) is 7.21. The molecule has 3 rings (SSSR count). The van der Waals surface area contributed by atoms with Crippen LogP contribution in [0, 0.1) is 16.7 Å². The van der Waals surface area contributed by atoms with Crippen molar-refractivity contribution in [3.8, 4) is 0 Å². The van der Waals surface area contributed by atoms with E-state index in [1.54, 1.807) is 0 Å². The number of hydrogen-bond acceptors (Lipinski definition) is 2. The number of nitrogens with zero attached hydrogens (tertiary/aromatic N) is 2. The molecular formula is C15H25N3. The number of hydrogen-bond donors (Lipinski definition) is 1. The lowest BCUT2D eigenvalue weighted by molar-refractivity contribution is 0.457. The van der Waals surface area contributed by atoms with Crippen LogP contribution in [0.5, 0.6) is 0 Å². The summed E-state index contributed by atoms with van der Waals surface area (Å²) in [5.74, 6) is 0.767. The number of aromatic nitrogens is 2. The SMILES string of the molecule is CC1(C)C(Cn2cnc(CNC3CC3)c2)C1(C)C. The molecule has 100 valence electrons. The van der Waals surface area contributed by atoms with Crippen molar-refractivity contribution in [2.75, 3.05) is 0 Å². The van der Waals surface area contributed by atoms with E-state index < -0.39 is 0 Å². The van der Waals surface area contributed by atoms with Crippen LogP contribution in [0.1, 0.15) is 46.2 Å². The largest absolute Gasteiger partial charge is 0.337 e. The zero-order valence-electron chi connectivity index (χ0n) is 12.0. The van der Waals surface area contributed by atoms with Gasteiger partial charge in [0.25, 0.3) is 0 Å². The summed E-state index contributed by atoms with van der Waals surface area (Å²) in [5, 5.41) is 3.51. The highest BCUT2D eigenvalue weighted by molar-refractivity contribution is 5.12. The van der Waals surface area contributed by atoms with Crippen molar-refractivity contribution >= 4 is 0 Å². The number of imidazole rings is 1. The Morgan fingerprint density at radius 1 is 1.28 bits per heavy atom. The Morgan fingerprint density at radius 3 is 2.50 bits per heavy atom. The molecule has 2 saturated carbocycles. The van der Waals surface area contributed by atoms with E-state index in [2.05, 4.69) is 48.8 Å². The second-order valence-corrected chi connectivity index (χ2v) is 7.21. The lowest BCUT2D eigenvalue weighted by atomic mass is 10.0. The molecule has 0 spiro atoms. The van der Waals surface area contributed by atoms with Crippen LogP contribution < -0.4 is 5.32 Å². The monoisotopic (exact) mass is 247 g/mol. The van der Waals surface area contributed by atoms with Gasteiger partial charge in [0.15, 0.2) is 0 Å². The maximum absolute atomic E-state index is 4.49. The quantitative estimate of drug-likeness (QED) is 0.867. The summed E-state index contributed by atoms with van der Waals surface area (Å²) in [6.07, 6.45) is 6.88. The Balaban J connectivity index is 1.57. The van der Waals surface area contributed by atoms with E-state index in [1.165, 1.54) is 18.5 Å². The average molecular weight is 247 g/mol. The Morgan fingerprint density at radius 2 is 1.94 bits per heavy atom. The Labute approximate surface area is 110 Å². The Hall–Kier alpha value is -0.830. The van der Waals surface area contributed by atoms with Crippen LogP contribution in [-0.4, -0.2) is 15.6 Å². The van der Waals surface area contributed by atoms with Crippen molar-refractivity contribution < 1.29 is 0 Å². The van der Waals surface area contributed by atoms with Gasteiger partial charge in [0, 0.05) is 25.3 Å². The molecule has 1 heterocycles. The highest BCUT2D eigenvalue weighted by Gasteiger charge is 2.64. The molecular weight excluding hydrogens is 222 g/mol. The van der Waals surface area contributed by atoms with E-state index in [-0.39, 0.29) is 0 Å². The van der Waals surface area contributed by atoms with Gasteiger partial charge in [0.2, 0.25) is 0 Å². The van der Waals surface area contributed by atoms with Crippen molar-refractivity contribution in [1.29, 1.82) is 0 Å². The van der Waals surface area contributed by atoms with Gasteiger partial charge in [-0.2, -0.15) is 0 Å². The van der Waals surface area contributed by atoms with Crippen LogP contribution in [0.25, 0.3) is 0 Å². The van der Waals surface area contributed by atoms with Gasteiger partial charge < -0.3 is 9.88 Å². The van der Waals surface area contributed by atoms with Gasteiger partial charge in [-0.3, -0.25) is 0 Å². The van der Waals surface area contributed by atoms with Crippen LogP contribution in [-0.2, 0) is 13.1 Å². The van der Waals surface area contributed by atoms with E-state index in [0.29, 0.717) is 10.8 Å². The third-order valence-electron chi connectivity index (χ3n) is 5.55. The smallest absolute Gasteiger partial charge is 0.0950 e. The normalized spacial score (nSPS) is 25.3. The molecule has 1 aromatic heterocycles. The summed E-state index contributed by atoms with van der Waals surface area (Å²) in [7, 11) is 0. The molecule has 0 saturated heterocycles. The first kappa shape index (κ1) is 12.2. The molecule has 0 aromatic carbocycles. The summed E-state index contributed by atoms with van der Waals surface area (Å²) < 4.78 is 2.27. The minimum Gasteiger partial charge on any atom is -0.337 e. The molecule has 2 fully saturated rings. The van der Waals surface area contributed by atoms with Gasteiger partial charge >= 0.3 is 0 Å². The van der Waals surface area contributed by atoms with Crippen LogP contribution in [0.15, 0.2) is 12.5 Å². The van der Waals surface area contributed by atoms with Crippen molar-refractivity contribution in [1.82, 2.24) is 14.9 Å². The summed E-state index contributed by atoms with van der Waals surface area (Å²) in [4.78, 5) is 4.49. The van der Waals surface area contributed by atoms with Gasteiger partial charge in [-0.1, -0.05) is 27.7 Å². The first-order valence-electron chi connectivity index (χ1n) is 7.15. The third kappa shape index (κ3) is 1.99. The van der Waals surface area contributed by atoms with Gasteiger partial charge in [-0.25, -0.2) is 4.98 Å². The lowest BCUT2D eigenvalue weighted by Crippen LogP contribution is -2.15. The second kappa shape index (κ2) is 3.83. The fourth-order valence-electron chi connectivity index (χ4n) is 3.13. The van der Waals surface area contributed by atoms with Crippen LogP contribution in [0.4, 0.5) is 0 Å². The number of rotatable bonds is 5.